The first-order valence-electron chi connectivity index (χ1n) is 4.85. The number of halogens is 1. The average molecular weight is 332 g/mol. The summed E-state index contributed by atoms with van der Waals surface area (Å²) >= 11 is 4.87. The number of hydrogen-bond acceptors (Lipinski definition) is 3. The molecule has 0 radical (unpaired) electrons. The fraction of sp³-hybridized carbons (Fsp3) is 0.0909. The predicted octanol–water partition coefficient (Wildman–Crippen LogP) is 2.99. The molecule has 0 spiro atoms. The molecule has 0 fully saturated rings. The van der Waals surface area contributed by atoms with Crippen LogP contribution in [-0.4, -0.2) is 8.42 Å². The number of benzene rings is 1. The molecule has 0 aliphatic carbocycles. The Balaban J connectivity index is 2.09. The lowest BCUT2D eigenvalue weighted by Gasteiger charge is -2.05. The molecule has 0 saturated heterocycles. The van der Waals surface area contributed by atoms with Crippen LogP contribution in [0.2, 0.25) is 0 Å². The van der Waals surface area contributed by atoms with E-state index in [1.807, 2.05) is 11.4 Å². The summed E-state index contributed by atoms with van der Waals surface area (Å²) in [4.78, 5) is 0.286. The molecule has 0 saturated carbocycles. The van der Waals surface area contributed by atoms with Gasteiger partial charge in [0.2, 0.25) is 10.0 Å². The largest absolute Gasteiger partial charge is 0.240 e. The van der Waals surface area contributed by atoms with Crippen molar-refractivity contribution in [2.45, 2.75) is 11.4 Å². The highest BCUT2D eigenvalue weighted by Crippen LogP contribution is 2.20. The van der Waals surface area contributed by atoms with Crippen molar-refractivity contribution in [3.8, 4) is 0 Å². The van der Waals surface area contributed by atoms with Crippen molar-refractivity contribution in [2.75, 3.05) is 0 Å². The fourth-order valence-corrected chi connectivity index (χ4v) is 3.55. The quantitative estimate of drug-likeness (QED) is 0.936. The number of nitrogens with one attached hydrogen (secondary N) is 1. The van der Waals surface area contributed by atoms with Crippen LogP contribution in [0, 0.1) is 0 Å². The van der Waals surface area contributed by atoms with Crippen LogP contribution in [0.4, 0.5) is 0 Å². The van der Waals surface area contributed by atoms with Crippen molar-refractivity contribution in [1.82, 2.24) is 4.72 Å². The molecule has 2 aromatic rings. The van der Waals surface area contributed by atoms with Crippen LogP contribution in [0.5, 0.6) is 0 Å². The van der Waals surface area contributed by atoms with Crippen molar-refractivity contribution >= 4 is 37.3 Å². The molecule has 0 aliphatic heterocycles. The van der Waals surface area contributed by atoms with Gasteiger partial charge in [-0.25, -0.2) is 13.1 Å². The lowest BCUT2D eigenvalue weighted by Crippen LogP contribution is -2.22. The minimum absolute atomic E-state index is 0.286. The van der Waals surface area contributed by atoms with Gasteiger partial charge < -0.3 is 0 Å². The van der Waals surface area contributed by atoms with E-state index >= 15 is 0 Å². The number of sulfonamides is 1. The fourth-order valence-electron chi connectivity index (χ4n) is 1.30. The first-order chi connectivity index (χ1) is 8.08. The van der Waals surface area contributed by atoms with Crippen molar-refractivity contribution < 1.29 is 8.42 Å². The summed E-state index contributed by atoms with van der Waals surface area (Å²) in [6.45, 7) is 0.305. The predicted molar refractivity (Wildman–Crippen MR) is 72.5 cm³/mol. The van der Waals surface area contributed by atoms with Crippen LogP contribution in [0.25, 0.3) is 0 Å². The smallest absolute Gasteiger partial charge is 0.207 e. The second kappa shape index (κ2) is 5.30. The third-order valence-corrected chi connectivity index (χ3v) is 5.11. The molecule has 17 heavy (non-hydrogen) atoms. The zero-order valence-electron chi connectivity index (χ0n) is 8.76. The first-order valence-corrected chi connectivity index (χ1v) is 8.01. The number of rotatable bonds is 4. The highest BCUT2D eigenvalue weighted by Gasteiger charge is 2.12. The molecule has 3 nitrogen and oxygen atoms in total. The van der Waals surface area contributed by atoms with E-state index < -0.39 is 10.0 Å². The average Bonchev–Trinajstić information content (AvgIpc) is 2.74. The Morgan fingerprint density at radius 1 is 1.24 bits per heavy atom. The second-order valence-corrected chi connectivity index (χ2v) is 7.45. The van der Waals surface area contributed by atoms with Gasteiger partial charge in [0, 0.05) is 6.54 Å². The molecule has 2 rings (SSSR count). The van der Waals surface area contributed by atoms with Gasteiger partial charge in [-0.15, -0.1) is 11.3 Å². The molecule has 1 N–H and O–H groups in total. The van der Waals surface area contributed by atoms with Gasteiger partial charge >= 0.3 is 0 Å². The van der Waals surface area contributed by atoms with E-state index in [0.717, 1.165) is 9.35 Å². The van der Waals surface area contributed by atoms with E-state index in [1.54, 1.807) is 30.3 Å². The third kappa shape index (κ3) is 3.38. The Hall–Kier alpha value is -0.690. The Kier molecular flexibility index (Phi) is 3.98. The molecule has 0 atom stereocenters. The highest BCUT2D eigenvalue weighted by atomic mass is 79.9. The van der Waals surface area contributed by atoms with Crippen molar-refractivity contribution in [3.05, 3.63) is 51.1 Å². The monoisotopic (exact) mass is 331 g/mol. The SMILES string of the molecule is O=S(=O)(NCc1csc(Br)c1)c1ccccc1. The minimum atomic E-state index is -3.41. The molecular formula is C11H10BrNO2S2. The molecular weight excluding hydrogens is 322 g/mol. The van der Waals surface area contributed by atoms with E-state index in [1.165, 1.54) is 11.3 Å². The number of hydrogen-bond donors (Lipinski definition) is 1. The Morgan fingerprint density at radius 3 is 2.53 bits per heavy atom. The van der Waals surface area contributed by atoms with Gasteiger partial charge in [-0.3, -0.25) is 0 Å². The van der Waals surface area contributed by atoms with E-state index in [-0.39, 0.29) is 4.90 Å². The van der Waals surface area contributed by atoms with E-state index in [4.69, 9.17) is 0 Å². The lowest BCUT2D eigenvalue weighted by molar-refractivity contribution is 0.581. The molecule has 1 heterocycles. The van der Waals surface area contributed by atoms with Crippen molar-refractivity contribution in [3.63, 3.8) is 0 Å². The molecule has 1 aromatic carbocycles. The maximum atomic E-state index is 11.9. The summed E-state index contributed by atoms with van der Waals surface area (Å²) in [6, 6.07) is 10.2. The van der Waals surface area contributed by atoms with Gasteiger partial charge in [0.1, 0.15) is 0 Å². The molecule has 1 aromatic heterocycles. The van der Waals surface area contributed by atoms with Crippen LogP contribution in [0.3, 0.4) is 0 Å². The van der Waals surface area contributed by atoms with Crippen LogP contribution >= 0.6 is 27.3 Å². The van der Waals surface area contributed by atoms with Crippen molar-refractivity contribution in [2.24, 2.45) is 0 Å². The van der Waals surface area contributed by atoms with Gasteiger partial charge in [-0.2, -0.15) is 0 Å². The topological polar surface area (TPSA) is 46.2 Å². The first kappa shape index (κ1) is 12.8. The molecule has 90 valence electrons. The Morgan fingerprint density at radius 2 is 1.94 bits per heavy atom. The van der Waals surface area contributed by atoms with E-state index in [9.17, 15) is 8.42 Å². The summed E-state index contributed by atoms with van der Waals surface area (Å²) in [5, 5.41) is 1.91. The van der Waals surface area contributed by atoms with Gasteiger partial charge in [-0.05, 0) is 45.1 Å². The normalized spacial score (nSPS) is 11.6. The molecule has 0 amide bonds. The molecule has 6 heteroatoms. The zero-order chi connectivity index (χ0) is 12.3. The lowest BCUT2D eigenvalue weighted by atomic mass is 10.4. The van der Waals surface area contributed by atoms with Crippen LogP contribution in [0.15, 0.2) is 50.5 Å². The van der Waals surface area contributed by atoms with E-state index in [0.29, 0.717) is 6.54 Å². The van der Waals surface area contributed by atoms with Crippen LogP contribution < -0.4 is 4.72 Å². The Labute approximate surface area is 113 Å². The summed E-state index contributed by atoms with van der Waals surface area (Å²) < 4.78 is 27.3. The zero-order valence-corrected chi connectivity index (χ0v) is 12.0. The third-order valence-electron chi connectivity index (χ3n) is 2.14. The maximum Gasteiger partial charge on any atom is 0.240 e. The summed E-state index contributed by atoms with van der Waals surface area (Å²) in [6.07, 6.45) is 0. The van der Waals surface area contributed by atoms with Crippen LogP contribution in [-0.2, 0) is 16.6 Å². The van der Waals surface area contributed by atoms with Gasteiger partial charge in [0.25, 0.3) is 0 Å². The summed E-state index contributed by atoms with van der Waals surface area (Å²) in [5.41, 5.74) is 0.946. The number of thiophene rings is 1. The minimum Gasteiger partial charge on any atom is -0.207 e. The van der Waals surface area contributed by atoms with Gasteiger partial charge in [0.05, 0.1) is 8.68 Å². The molecule has 0 aliphatic rings. The Bertz CT molecular complexity index is 593. The van der Waals surface area contributed by atoms with E-state index in [2.05, 4.69) is 20.7 Å². The highest BCUT2D eigenvalue weighted by molar-refractivity contribution is 9.11. The molecule has 0 unspecified atom stereocenters. The maximum absolute atomic E-state index is 11.9. The summed E-state index contributed by atoms with van der Waals surface area (Å²) in [5.74, 6) is 0. The summed E-state index contributed by atoms with van der Waals surface area (Å²) in [7, 11) is -3.41. The van der Waals surface area contributed by atoms with Crippen LogP contribution in [0.1, 0.15) is 5.56 Å². The standard InChI is InChI=1S/C11H10BrNO2S2/c12-11-6-9(8-16-11)7-13-17(14,15)10-4-2-1-3-5-10/h1-6,8,13H,7H2. The van der Waals surface area contributed by atoms with Crippen molar-refractivity contribution in [1.29, 1.82) is 0 Å². The second-order valence-electron chi connectivity index (χ2n) is 3.40. The van der Waals surface area contributed by atoms with Gasteiger partial charge in [-0.1, -0.05) is 18.2 Å². The molecule has 0 bridgehead atoms. The van der Waals surface area contributed by atoms with Gasteiger partial charge in [0.15, 0.2) is 0 Å².